The SMILES string of the molecule is C=Cc1ccc(C2=CC(CC)N=C2)nc1/C=C(\C)NC.CC.CC1CCNCC1.Cc1cccc(C=O)c1. The second-order valence-electron chi connectivity index (χ2n) is 9.29. The maximum Gasteiger partial charge on any atom is 0.150 e. The molecule has 2 aromatic rings. The Bertz CT molecular complexity index is 1080. The van der Waals surface area contributed by atoms with Gasteiger partial charge in [0.2, 0.25) is 0 Å². The Kier molecular flexibility index (Phi) is 16.2. The molecule has 3 heterocycles. The van der Waals surface area contributed by atoms with Crippen LogP contribution < -0.4 is 10.6 Å². The molecule has 1 fully saturated rings. The lowest BCUT2D eigenvalue weighted by Crippen LogP contribution is -2.26. The highest BCUT2D eigenvalue weighted by Crippen LogP contribution is 2.21. The summed E-state index contributed by atoms with van der Waals surface area (Å²) in [6, 6.07) is 11.9. The summed E-state index contributed by atoms with van der Waals surface area (Å²) in [7, 11) is 1.90. The van der Waals surface area contributed by atoms with Crippen LogP contribution in [0, 0.1) is 12.8 Å². The van der Waals surface area contributed by atoms with Crippen LogP contribution in [0.2, 0.25) is 0 Å². The lowest BCUT2D eigenvalue weighted by atomic mass is 10.0. The minimum atomic E-state index is 0.295. The first kappa shape index (κ1) is 32.7. The summed E-state index contributed by atoms with van der Waals surface area (Å²) < 4.78 is 0. The minimum Gasteiger partial charge on any atom is -0.392 e. The second kappa shape index (κ2) is 18.9. The van der Waals surface area contributed by atoms with Gasteiger partial charge in [-0.05, 0) is 82.0 Å². The number of allylic oxidation sites excluding steroid dienone is 2. The van der Waals surface area contributed by atoms with Crippen LogP contribution in [0.4, 0.5) is 0 Å². The van der Waals surface area contributed by atoms with Gasteiger partial charge >= 0.3 is 0 Å². The zero-order valence-corrected chi connectivity index (χ0v) is 24.6. The van der Waals surface area contributed by atoms with Gasteiger partial charge in [0.1, 0.15) is 6.29 Å². The fourth-order valence-corrected chi connectivity index (χ4v) is 3.77. The summed E-state index contributed by atoms with van der Waals surface area (Å²) in [5, 5.41) is 6.43. The molecule has 0 amide bonds. The van der Waals surface area contributed by atoms with Gasteiger partial charge in [0.25, 0.3) is 0 Å². The fourth-order valence-electron chi connectivity index (χ4n) is 3.77. The van der Waals surface area contributed by atoms with E-state index in [4.69, 9.17) is 4.98 Å². The molecule has 4 rings (SSSR count). The highest BCUT2D eigenvalue weighted by Gasteiger charge is 2.12. The number of nitrogens with zero attached hydrogens (tertiary/aromatic N) is 2. The van der Waals surface area contributed by atoms with Crippen molar-refractivity contribution in [3.8, 4) is 0 Å². The van der Waals surface area contributed by atoms with Gasteiger partial charge < -0.3 is 10.6 Å². The van der Waals surface area contributed by atoms with Crippen molar-refractivity contribution in [3.05, 3.63) is 82.8 Å². The Hall–Kier alpha value is -3.31. The number of rotatable bonds is 6. The van der Waals surface area contributed by atoms with E-state index < -0.39 is 0 Å². The monoisotopic (exact) mass is 516 g/mol. The van der Waals surface area contributed by atoms with E-state index in [1.54, 1.807) is 6.07 Å². The summed E-state index contributed by atoms with van der Waals surface area (Å²) in [6.07, 6.45) is 12.6. The van der Waals surface area contributed by atoms with E-state index in [9.17, 15) is 4.79 Å². The molecule has 2 aliphatic rings. The average Bonchev–Trinajstić information content (AvgIpc) is 3.45. The second-order valence-corrected chi connectivity index (χ2v) is 9.29. The van der Waals surface area contributed by atoms with Gasteiger partial charge in [-0.2, -0.15) is 0 Å². The molecule has 0 aliphatic carbocycles. The number of aliphatic imine (C=N–C) groups is 1. The van der Waals surface area contributed by atoms with Crippen molar-refractivity contribution < 1.29 is 4.79 Å². The molecule has 1 saturated heterocycles. The lowest BCUT2D eigenvalue weighted by Gasteiger charge is -2.17. The summed E-state index contributed by atoms with van der Waals surface area (Å²) >= 11 is 0. The Morgan fingerprint density at radius 3 is 2.37 bits per heavy atom. The van der Waals surface area contributed by atoms with Gasteiger partial charge in [-0.3, -0.25) is 9.79 Å². The summed E-state index contributed by atoms with van der Waals surface area (Å²) in [5.74, 6) is 0.973. The standard InChI is InChI=1S/C17H21N3.C8H8O.C6H13N.C2H6/c1-5-13-7-8-16(14-10-15(6-2)19-11-14)20-17(13)9-12(3)18-4;1-7-3-2-4-8(5-7)6-9;1-6-2-4-7-5-3-6;1-2/h5,7-11,15,18H,1,6H2,2-4H3;2-6H,1H3;6-7H,2-5H2,1H3;1-2H3/b12-9+;;;. The Balaban J connectivity index is 0.000000329. The van der Waals surface area contributed by atoms with Gasteiger partial charge in [0, 0.05) is 30.1 Å². The van der Waals surface area contributed by atoms with Crippen LogP contribution in [0.25, 0.3) is 17.7 Å². The number of aldehydes is 1. The maximum absolute atomic E-state index is 10.2. The van der Waals surface area contributed by atoms with E-state index in [0.29, 0.717) is 6.04 Å². The molecular weight excluding hydrogens is 468 g/mol. The van der Waals surface area contributed by atoms with Crippen LogP contribution in [0.1, 0.15) is 86.8 Å². The summed E-state index contributed by atoms with van der Waals surface area (Å²) in [5.41, 5.74) is 6.96. The Morgan fingerprint density at radius 1 is 1.18 bits per heavy atom. The molecule has 1 aromatic heterocycles. The smallest absolute Gasteiger partial charge is 0.150 e. The number of hydrogen-bond acceptors (Lipinski definition) is 5. The van der Waals surface area contributed by atoms with Crippen molar-refractivity contribution in [1.82, 2.24) is 15.6 Å². The number of carbonyl (C=O) groups excluding carboxylic acids is 1. The molecular formula is C33H48N4O. The first-order valence-electron chi connectivity index (χ1n) is 13.9. The van der Waals surface area contributed by atoms with E-state index in [0.717, 1.165) is 58.0 Å². The van der Waals surface area contributed by atoms with Gasteiger partial charge in [-0.25, -0.2) is 4.98 Å². The third kappa shape index (κ3) is 11.8. The van der Waals surface area contributed by atoms with Crippen molar-refractivity contribution in [1.29, 1.82) is 0 Å². The molecule has 0 radical (unpaired) electrons. The molecule has 206 valence electrons. The van der Waals surface area contributed by atoms with Crippen LogP contribution in [0.3, 0.4) is 0 Å². The number of nitrogens with one attached hydrogen (secondary N) is 2. The van der Waals surface area contributed by atoms with Crippen LogP contribution in [0.15, 0.2) is 59.7 Å². The molecule has 5 nitrogen and oxygen atoms in total. The number of benzene rings is 1. The Labute approximate surface area is 231 Å². The number of aromatic nitrogens is 1. The van der Waals surface area contributed by atoms with Crippen LogP contribution in [-0.4, -0.2) is 43.7 Å². The predicted octanol–water partition coefficient (Wildman–Crippen LogP) is 7.39. The highest BCUT2D eigenvalue weighted by molar-refractivity contribution is 6.11. The first-order valence-corrected chi connectivity index (χ1v) is 13.9. The van der Waals surface area contributed by atoms with Crippen LogP contribution >= 0.6 is 0 Å². The third-order valence-electron chi connectivity index (χ3n) is 6.22. The van der Waals surface area contributed by atoms with Gasteiger partial charge in [0.05, 0.1) is 17.4 Å². The van der Waals surface area contributed by atoms with E-state index in [2.05, 4.69) is 48.2 Å². The molecule has 0 spiro atoms. The van der Waals surface area contributed by atoms with E-state index in [1.807, 2.05) is 77.4 Å². The highest BCUT2D eigenvalue weighted by atomic mass is 16.1. The number of aryl methyl sites for hydroxylation is 1. The molecule has 2 aliphatic heterocycles. The van der Waals surface area contributed by atoms with Crippen molar-refractivity contribution in [2.45, 2.75) is 66.8 Å². The number of piperidine rings is 1. The van der Waals surface area contributed by atoms with Crippen LogP contribution in [0.5, 0.6) is 0 Å². The van der Waals surface area contributed by atoms with Crippen molar-refractivity contribution in [2.75, 3.05) is 20.1 Å². The van der Waals surface area contributed by atoms with E-state index in [-0.39, 0.29) is 0 Å². The van der Waals surface area contributed by atoms with Gasteiger partial charge in [-0.1, -0.05) is 70.2 Å². The normalized spacial score (nSPS) is 16.4. The molecule has 0 bridgehead atoms. The fraction of sp³-hybridized carbons (Fsp3) is 0.424. The predicted molar refractivity (Wildman–Crippen MR) is 167 cm³/mol. The van der Waals surface area contributed by atoms with Crippen molar-refractivity contribution in [2.24, 2.45) is 10.9 Å². The van der Waals surface area contributed by atoms with Gasteiger partial charge in [-0.15, -0.1) is 0 Å². The van der Waals surface area contributed by atoms with E-state index >= 15 is 0 Å². The first-order chi connectivity index (χ1) is 18.4. The Morgan fingerprint density at radius 2 is 1.89 bits per heavy atom. The summed E-state index contributed by atoms with van der Waals surface area (Å²) in [6.45, 7) is 18.8. The maximum atomic E-state index is 10.2. The van der Waals surface area contributed by atoms with Crippen molar-refractivity contribution in [3.63, 3.8) is 0 Å². The molecule has 38 heavy (non-hydrogen) atoms. The largest absolute Gasteiger partial charge is 0.392 e. The number of pyridine rings is 1. The molecule has 5 heteroatoms. The molecule has 2 N–H and O–H groups in total. The van der Waals surface area contributed by atoms with Gasteiger partial charge in [0.15, 0.2) is 0 Å². The van der Waals surface area contributed by atoms with E-state index in [1.165, 1.54) is 25.9 Å². The molecule has 0 saturated carbocycles. The number of hydrogen-bond donors (Lipinski definition) is 2. The quantitative estimate of drug-likeness (QED) is 0.393. The minimum absolute atomic E-state index is 0.295. The lowest BCUT2D eigenvalue weighted by molar-refractivity contribution is 0.112. The third-order valence-corrected chi connectivity index (χ3v) is 6.22. The molecule has 1 aromatic carbocycles. The van der Waals surface area contributed by atoms with Crippen molar-refractivity contribution >= 4 is 30.2 Å². The zero-order valence-electron chi connectivity index (χ0n) is 24.6. The topological polar surface area (TPSA) is 66.4 Å². The molecule has 1 unspecified atom stereocenters. The summed E-state index contributed by atoms with van der Waals surface area (Å²) in [4.78, 5) is 19.3. The van der Waals surface area contributed by atoms with Crippen LogP contribution in [-0.2, 0) is 0 Å². The zero-order chi connectivity index (χ0) is 28.3. The average molecular weight is 517 g/mol. The number of carbonyl (C=O) groups is 1. The molecule has 1 atom stereocenters.